The summed E-state index contributed by atoms with van der Waals surface area (Å²) in [5.74, 6) is 0.726. The van der Waals surface area contributed by atoms with Gasteiger partial charge in [0.15, 0.2) is 0 Å². The van der Waals surface area contributed by atoms with Crippen molar-refractivity contribution >= 4 is 17.7 Å². The molecule has 1 heterocycles. The predicted octanol–water partition coefficient (Wildman–Crippen LogP) is 3.66. The van der Waals surface area contributed by atoms with E-state index in [0.717, 1.165) is 22.6 Å². The van der Waals surface area contributed by atoms with Gasteiger partial charge in [-0.3, -0.25) is 4.79 Å². The SMILES string of the molecule is O=C(/C=C/C1=Cc2ccccc2OC1)Nc1ccccc1. The minimum absolute atomic E-state index is 0.152. The summed E-state index contributed by atoms with van der Waals surface area (Å²) in [7, 11) is 0. The van der Waals surface area contributed by atoms with Gasteiger partial charge in [0.2, 0.25) is 5.91 Å². The molecule has 1 aliphatic heterocycles. The van der Waals surface area contributed by atoms with Crippen LogP contribution in [-0.2, 0) is 4.79 Å². The minimum atomic E-state index is -0.152. The molecule has 21 heavy (non-hydrogen) atoms. The largest absolute Gasteiger partial charge is 0.488 e. The summed E-state index contributed by atoms with van der Waals surface area (Å²) in [6.07, 6.45) is 5.34. The number of fused-ring (bicyclic) bond motifs is 1. The highest BCUT2D eigenvalue weighted by Gasteiger charge is 2.08. The van der Waals surface area contributed by atoms with Crippen molar-refractivity contribution in [3.8, 4) is 5.75 Å². The van der Waals surface area contributed by atoms with Gasteiger partial charge in [0.05, 0.1) is 0 Å². The molecule has 0 unspecified atom stereocenters. The molecule has 0 saturated carbocycles. The summed E-state index contributed by atoms with van der Waals surface area (Å²) in [5, 5.41) is 2.81. The molecule has 2 aromatic rings. The van der Waals surface area contributed by atoms with Crippen molar-refractivity contribution in [2.75, 3.05) is 11.9 Å². The van der Waals surface area contributed by atoms with Gasteiger partial charge in [0.25, 0.3) is 0 Å². The van der Waals surface area contributed by atoms with Crippen LogP contribution in [0.2, 0.25) is 0 Å². The minimum Gasteiger partial charge on any atom is -0.488 e. The summed E-state index contributed by atoms with van der Waals surface area (Å²) in [6, 6.07) is 17.2. The van der Waals surface area contributed by atoms with Gasteiger partial charge in [-0.2, -0.15) is 0 Å². The number of rotatable bonds is 3. The molecular weight excluding hydrogens is 262 g/mol. The van der Waals surface area contributed by atoms with Crippen molar-refractivity contribution in [1.29, 1.82) is 0 Å². The van der Waals surface area contributed by atoms with Gasteiger partial charge in [0, 0.05) is 17.3 Å². The van der Waals surface area contributed by atoms with E-state index in [1.54, 1.807) is 6.08 Å². The molecule has 1 amide bonds. The number of hydrogen-bond donors (Lipinski definition) is 1. The molecule has 3 heteroatoms. The van der Waals surface area contributed by atoms with Gasteiger partial charge < -0.3 is 10.1 Å². The maximum atomic E-state index is 11.8. The first-order chi connectivity index (χ1) is 10.3. The maximum Gasteiger partial charge on any atom is 0.248 e. The van der Waals surface area contributed by atoms with Crippen molar-refractivity contribution in [3.05, 3.63) is 77.9 Å². The van der Waals surface area contributed by atoms with Crippen LogP contribution in [0.3, 0.4) is 0 Å². The molecule has 0 atom stereocenters. The fourth-order valence-electron chi connectivity index (χ4n) is 2.12. The number of amides is 1. The molecule has 1 N–H and O–H groups in total. The first-order valence-corrected chi connectivity index (χ1v) is 6.78. The monoisotopic (exact) mass is 277 g/mol. The number of anilines is 1. The molecule has 104 valence electrons. The van der Waals surface area contributed by atoms with Crippen LogP contribution >= 0.6 is 0 Å². The van der Waals surface area contributed by atoms with E-state index in [1.807, 2.05) is 60.7 Å². The van der Waals surface area contributed by atoms with Crippen LogP contribution in [0.25, 0.3) is 6.08 Å². The molecule has 0 spiro atoms. The van der Waals surface area contributed by atoms with Crippen LogP contribution in [0.15, 0.2) is 72.3 Å². The second-order valence-electron chi connectivity index (χ2n) is 4.73. The number of benzene rings is 2. The second kappa shape index (κ2) is 6.09. The zero-order valence-corrected chi connectivity index (χ0v) is 11.5. The Hall–Kier alpha value is -2.81. The molecule has 0 saturated heterocycles. The average molecular weight is 277 g/mol. The van der Waals surface area contributed by atoms with Crippen LogP contribution < -0.4 is 10.1 Å². The van der Waals surface area contributed by atoms with E-state index in [4.69, 9.17) is 4.74 Å². The lowest BCUT2D eigenvalue weighted by Crippen LogP contribution is -2.09. The Morgan fingerprint density at radius 1 is 1.05 bits per heavy atom. The van der Waals surface area contributed by atoms with Gasteiger partial charge in [-0.05, 0) is 29.8 Å². The molecule has 0 fully saturated rings. The molecule has 0 radical (unpaired) electrons. The quantitative estimate of drug-likeness (QED) is 0.869. The first kappa shape index (κ1) is 13.2. The van der Waals surface area contributed by atoms with E-state index in [2.05, 4.69) is 5.32 Å². The Morgan fingerprint density at radius 2 is 1.81 bits per heavy atom. The first-order valence-electron chi connectivity index (χ1n) is 6.78. The van der Waals surface area contributed by atoms with Gasteiger partial charge in [0.1, 0.15) is 12.4 Å². The van der Waals surface area contributed by atoms with Crippen LogP contribution in [-0.4, -0.2) is 12.5 Å². The summed E-state index contributed by atoms with van der Waals surface area (Å²) in [6.45, 7) is 0.478. The van der Waals surface area contributed by atoms with E-state index in [-0.39, 0.29) is 5.91 Å². The average Bonchev–Trinajstić information content (AvgIpc) is 2.54. The molecular formula is C18H15NO2. The third-order valence-corrected chi connectivity index (χ3v) is 3.14. The van der Waals surface area contributed by atoms with Gasteiger partial charge >= 0.3 is 0 Å². The van der Waals surface area contributed by atoms with Crippen LogP contribution in [0.1, 0.15) is 5.56 Å². The number of hydrogen-bond acceptors (Lipinski definition) is 2. The Balaban J connectivity index is 1.67. The molecule has 1 aliphatic rings. The number of nitrogens with one attached hydrogen (secondary N) is 1. The predicted molar refractivity (Wildman–Crippen MR) is 84.1 cm³/mol. The number of carbonyl (C=O) groups excluding carboxylic acids is 1. The smallest absolute Gasteiger partial charge is 0.248 e. The van der Waals surface area contributed by atoms with Crippen molar-refractivity contribution in [3.63, 3.8) is 0 Å². The fourth-order valence-corrected chi connectivity index (χ4v) is 2.12. The summed E-state index contributed by atoms with van der Waals surface area (Å²) in [4.78, 5) is 11.8. The third kappa shape index (κ3) is 3.39. The topological polar surface area (TPSA) is 38.3 Å². The van der Waals surface area contributed by atoms with E-state index >= 15 is 0 Å². The van der Waals surface area contributed by atoms with Crippen molar-refractivity contribution < 1.29 is 9.53 Å². The summed E-state index contributed by atoms with van der Waals surface area (Å²) < 4.78 is 5.64. The van der Waals surface area contributed by atoms with Crippen LogP contribution in [0.5, 0.6) is 5.75 Å². The van der Waals surface area contributed by atoms with E-state index < -0.39 is 0 Å². The highest BCUT2D eigenvalue weighted by atomic mass is 16.5. The second-order valence-corrected chi connectivity index (χ2v) is 4.73. The Morgan fingerprint density at radius 3 is 2.67 bits per heavy atom. The van der Waals surface area contributed by atoms with Crippen molar-refractivity contribution in [1.82, 2.24) is 0 Å². The zero-order valence-electron chi connectivity index (χ0n) is 11.5. The zero-order chi connectivity index (χ0) is 14.5. The maximum absolute atomic E-state index is 11.8. The summed E-state index contributed by atoms with van der Waals surface area (Å²) >= 11 is 0. The molecule has 0 aromatic heterocycles. The lowest BCUT2D eigenvalue weighted by Gasteiger charge is -2.15. The van der Waals surface area contributed by atoms with Gasteiger partial charge in [-0.25, -0.2) is 0 Å². The highest BCUT2D eigenvalue weighted by molar-refractivity contribution is 5.99. The van der Waals surface area contributed by atoms with Crippen LogP contribution in [0, 0.1) is 0 Å². The highest BCUT2D eigenvalue weighted by Crippen LogP contribution is 2.25. The lowest BCUT2D eigenvalue weighted by molar-refractivity contribution is -0.111. The molecule has 0 aliphatic carbocycles. The van der Waals surface area contributed by atoms with E-state index in [1.165, 1.54) is 6.08 Å². The number of carbonyl (C=O) groups is 1. The normalized spacial score (nSPS) is 13.2. The lowest BCUT2D eigenvalue weighted by atomic mass is 10.1. The van der Waals surface area contributed by atoms with Gasteiger partial charge in [-0.15, -0.1) is 0 Å². The van der Waals surface area contributed by atoms with E-state index in [0.29, 0.717) is 6.61 Å². The Labute approximate surface area is 123 Å². The Bertz CT molecular complexity index is 702. The molecule has 0 bridgehead atoms. The van der Waals surface area contributed by atoms with Gasteiger partial charge in [-0.1, -0.05) is 42.5 Å². The fraction of sp³-hybridized carbons (Fsp3) is 0.0556. The summed E-state index contributed by atoms with van der Waals surface area (Å²) in [5.41, 5.74) is 2.79. The third-order valence-electron chi connectivity index (χ3n) is 3.14. The Kier molecular flexibility index (Phi) is 3.83. The van der Waals surface area contributed by atoms with Crippen LogP contribution in [0.4, 0.5) is 5.69 Å². The molecule has 3 nitrogen and oxygen atoms in total. The number of ether oxygens (including phenoxy) is 1. The van der Waals surface area contributed by atoms with Crippen molar-refractivity contribution in [2.24, 2.45) is 0 Å². The number of para-hydroxylation sites is 2. The standard InChI is InChI=1S/C18H15NO2/c20-18(19-16-7-2-1-3-8-16)11-10-14-12-15-6-4-5-9-17(15)21-13-14/h1-12H,13H2,(H,19,20)/b11-10+. The molecule has 3 rings (SSSR count). The van der Waals surface area contributed by atoms with E-state index in [9.17, 15) is 4.79 Å². The molecule has 2 aromatic carbocycles. The van der Waals surface area contributed by atoms with Crippen molar-refractivity contribution in [2.45, 2.75) is 0 Å².